The van der Waals surface area contributed by atoms with Crippen molar-refractivity contribution < 1.29 is 23.9 Å². The van der Waals surface area contributed by atoms with E-state index in [1.165, 1.54) is 5.56 Å². The number of carbonyl (C=O) groups excluding carboxylic acids is 4. The zero-order chi connectivity index (χ0) is 37.3. The SMILES string of the molecule is CC[C@H](NC(=O)OC(C)(C)C)C(=O)N[C@@H]1C(=O)N2[C@@H](CC[C@@H]1CN(CC)Cc1ccccc1)CC[C@H]2C(=O)NC(c1ccccc1)c1ccccc1. The maximum Gasteiger partial charge on any atom is 0.408 e. The number of benzene rings is 3. The van der Waals surface area contributed by atoms with Crippen molar-refractivity contribution in [2.45, 2.75) is 109 Å². The molecule has 0 aliphatic carbocycles. The van der Waals surface area contributed by atoms with Crippen LogP contribution in [-0.2, 0) is 25.7 Å². The number of rotatable bonds is 13. The number of hydrogen-bond donors (Lipinski definition) is 3. The highest BCUT2D eigenvalue weighted by Gasteiger charge is 2.48. The summed E-state index contributed by atoms with van der Waals surface area (Å²) in [6.07, 6.45) is 2.28. The molecular formula is C42H55N5O5. The molecule has 10 nitrogen and oxygen atoms in total. The molecule has 0 spiro atoms. The monoisotopic (exact) mass is 709 g/mol. The third-order valence-corrected chi connectivity index (χ3v) is 10.1. The zero-order valence-electron chi connectivity index (χ0n) is 31.2. The van der Waals surface area contributed by atoms with E-state index in [2.05, 4.69) is 39.9 Å². The maximum atomic E-state index is 14.9. The largest absolute Gasteiger partial charge is 0.444 e. The van der Waals surface area contributed by atoms with Crippen molar-refractivity contribution in [1.29, 1.82) is 0 Å². The lowest BCUT2D eigenvalue weighted by molar-refractivity contribution is -0.144. The molecule has 3 N–H and O–H groups in total. The van der Waals surface area contributed by atoms with E-state index in [4.69, 9.17) is 4.74 Å². The highest BCUT2D eigenvalue weighted by molar-refractivity contribution is 5.95. The first-order valence-electron chi connectivity index (χ1n) is 18.8. The van der Waals surface area contributed by atoms with Gasteiger partial charge < -0.3 is 25.6 Å². The van der Waals surface area contributed by atoms with E-state index in [9.17, 15) is 19.2 Å². The van der Waals surface area contributed by atoms with E-state index in [0.29, 0.717) is 38.8 Å². The summed E-state index contributed by atoms with van der Waals surface area (Å²) in [5.74, 6) is -1.13. The Morgan fingerprint density at radius 1 is 0.827 bits per heavy atom. The van der Waals surface area contributed by atoms with Gasteiger partial charge in [0.1, 0.15) is 23.7 Å². The van der Waals surface area contributed by atoms with Crippen LogP contribution >= 0.6 is 0 Å². The van der Waals surface area contributed by atoms with Crippen molar-refractivity contribution in [3.63, 3.8) is 0 Å². The highest BCUT2D eigenvalue weighted by Crippen LogP contribution is 2.35. The molecule has 3 aromatic carbocycles. The van der Waals surface area contributed by atoms with Gasteiger partial charge in [0.05, 0.1) is 6.04 Å². The molecule has 2 fully saturated rings. The zero-order valence-corrected chi connectivity index (χ0v) is 31.2. The first-order valence-corrected chi connectivity index (χ1v) is 18.8. The van der Waals surface area contributed by atoms with Gasteiger partial charge in [-0.3, -0.25) is 19.3 Å². The van der Waals surface area contributed by atoms with E-state index in [1.807, 2.05) is 78.9 Å². The number of fused-ring (bicyclic) bond motifs is 1. The Balaban J connectivity index is 1.41. The van der Waals surface area contributed by atoms with Crippen LogP contribution in [0.1, 0.15) is 89.5 Å². The Kier molecular flexibility index (Phi) is 13.1. The average molecular weight is 710 g/mol. The summed E-state index contributed by atoms with van der Waals surface area (Å²) in [4.78, 5) is 59.8. The third-order valence-electron chi connectivity index (χ3n) is 10.1. The van der Waals surface area contributed by atoms with Gasteiger partial charge in [-0.2, -0.15) is 0 Å². The fourth-order valence-electron chi connectivity index (χ4n) is 7.49. The molecule has 0 unspecified atom stereocenters. The molecule has 0 saturated carbocycles. The predicted molar refractivity (Wildman–Crippen MR) is 202 cm³/mol. The molecule has 2 aliphatic heterocycles. The van der Waals surface area contributed by atoms with Crippen LogP contribution in [0.5, 0.6) is 0 Å². The minimum Gasteiger partial charge on any atom is -0.444 e. The van der Waals surface area contributed by atoms with Crippen LogP contribution in [0.15, 0.2) is 91.0 Å². The molecule has 3 aromatic rings. The van der Waals surface area contributed by atoms with Crippen LogP contribution in [0.4, 0.5) is 4.79 Å². The Morgan fingerprint density at radius 2 is 1.40 bits per heavy atom. The molecule has 2 saturated heterocycles. The molecular weight excluding hydrogens is 654 g/mol. The summed E-state index contributed by atoms with van der Waals surface area (Å²) in [5.41, 5.74) is 2.33. The summed E-state index contributed by atoms with van der Waals surface area (Å²) in [6.45, 7) is 11.2. The van der Waals surface area contributed by atoms with E-state index < -0.39 is 35.7 Å². The summed E-state index contributed by atoms with van der Waals surface area (Å²) >= 11 is 0. The lowest BCUT2D eigenvalue weighted by Gasteiger charge is -2.35. The van der Waals surface area contributed by atoms with Crippen molar-refractivity contribution >= 4 is 23.8 Å². The molecule has 2 aliphatic rings. The van der Waals surface area contributed by atoms with E-state index >= 15 is 0 Å². The second-order valence-corrected chi connectivity index (χ2v) is 15.0. The summed E-state index contributed by atoms with van der Waals surface area (Å²) < 4.78 is 5.43. The standard InChI is InChI=1S/C42H55N5O5/c1-6-34(43-41(51)52-42(3,4)5)38(48)45-37-32(28-46(7-2)27-29-17-11-8-12-18-29)23-24-33-25-26-35(47(33)40(37)50)39(49)44-36(30-19-13-9-14-20-30)31-21-15-10-16-22-31/h8-22,32-37H,6-7,23-28H2,1-5H3,(H,43,51)(H,44,49)(H,45,48)/t32-,33+,34+,35+,37+/m1/s1. The number of hydrogen-bond acceptors (Lipinski definition) is 6. The van der Waals surface area contributed by atoms with Crippen molar-refractivity contribution in [1.82, 2.24) is 25.8 Å². The molecule has 0 bridgehead atoms. The van der Waals surface area contributed by atoms with Gasteiger partial charge in [0, 0.05) is 25.0 Å². The summed E-state index contributed by atoms with van der Waals surface area (Å²) in [6, 6.07) is 26.9. The highest BCUT2D eigenvalue weighted by atomic mass is 16.6. The lowest BCUT2D eigenvalue weighted by atomic mass is 9.92. The Labute approximate surface area is 308 Å². The van der Waals surface area contributed by atoms with Gasteiger partial charge in [-0.05, 0) is 76.1 Å². The van der Waals surface area contributed by atoms with E-state index in [0.717, 1.165) is 24.1 Å². The molecule has 5 rings (SSSR count). The van der Waals surface area contributed by atoms with E-state index in [1.54, 1.807) is 32.6 Å². The van der Waals surface area contributed by atoms with Gasteiger partial charge in [0.2, 0.25) is 17.7 Å². The fraction of sp³-hybridized carbons (Fsp3) is 0.476. The van der Waals surface area contributed by atoms with Crippen LogP contribution in [0, 0.1) is 5.92 Å². The third kappa shape index (κ3) is 10.00. The minimum absolute atomic E-state index is 0.120. The van der Waals surface area contributed by atoms with Crippen molar-refractivity contribution in [3.05, 3.63) is 108 Å². The molecule has 2 heterocycles. The molecule has 278 valence electrons. The van der Waals surface area contributed by atoms with Crippen molar-refractivity contribution in [2.24, 2.45) is 5.92 Å². The van der Waals surface area contributed by atoms with Crippen LogP contribution in [0.25, 0.3) is 0 Å². The van der Waals surface area contributed by atoms with Crippen molar-refractivity contribution in [2.75, 3.05) is 13.1 Å². The second-order valence-electron chi connectivity index (χ2n) is 15.0. The van der Waals surface area contributed by atoms with Crippen molar-refractivity contribution in [3.8, 4) is 0 Å². The van der Waals surface area contributed by atoms with Crippen LogP contribution in [0.3, 0.4) is 0 Å². The number of nitrogens with one attached hydrogen (secondary N) is 3. The smallest absolute Gasteiger partial charge is 0.408 e. The number of ether oxygens (including phenoxy) is 1. The van der Waals surface area contributed by atoms with Crippen LogP contribution < -0.4 is 16.0 Å². The maximum absolute atomic E-state index is 14.9. The summed E-state index contributed by atoms with van der Waals surface area (Å²) in [7, 11) is 0. The first-order chi connectivity index (χ1) is 25.0. The molecule has 4 amide bonds. The Hall–Kier alpha value is -4.70. The lowest BCUT2D eigenvalue weighted by Crippen LogP contribution is -2.59. The molecule has 52 heavy (non-hydrogen) atoms. The van der Waals surface area contributed by atoms with Crippen LogP contribution in [-0.4, -0.2) is 76.5 Å². The predicted octanol–water partition coefficient (Wildman–Crippen LogP) is 5.97. The van der Waals surface area contributed by atoms with E-state index in [-0.39, 0.29) is 29.8 Å². The van der Waals surface area contributed by atoms with Gasteiger partial charge in [-0.1, -0.05) is 105 Å². The molecule has 10 heteroatoms. The Bertz CT molecular complexity index is 1590. The fourth-order valence-corrected chi connectivity index (χ4v) is 7.49. The van der Waals surface area contributed by atoms with Gasteiger partial charge in [-0.25, -0.2) is 4.79 Å². The van der Waals surface area contributed by atoms with Gasteiger partial charge in [0.15, 0.2) is 0 Å². The topological polar surface area (TPSA) is 120 Å². The number of carbonyl (C=O) groups is 4. The van der Waals surface area contributed by atoms with Gasteiger partial charge in [-0.15, -0.1) is 0 Å². The average Bonchev–Trinajstić information content (AvgIpc) is 3.52. The molecule has 0 radical (unpaired) electrons. The number of alkyl carbamates (subject to hydrolysis) is 1. The minimum atomic E-state index is -0.899. The normalized spacial score (nSPS) is 20.9. The van der Waals surface area contributed by atoms with Crippen LogP contribution in [0.2, 0.25) is 0 Å². The molecule has 5 atom stereocenters. The summed E-state index contributed by atoms with van der Waals surface area (Å²) in [5, 5.41) is 9.05. The molecule has 0 aromatic heterocycles. The number of nitrogens with zero attached hydrogens (tertiary/aromatic N) is 2. The second kappa shape index (κ2) is 17.7. The first kappa shape index (κ1) is 38.5. The number of amides is 4. The van der Waals surface area contributed by atoms with Gasteiger partial charge in [0.25, 0.3) is 0 Å². The Morgan fingerprint density at radius 3 is 1.96 bits per heavy atom. The quantitative estimate of drug-likeness (QED) is 0.201. The van der Waals surface area contributed by atoms with Gasteiger partial charge >= 0.3 is 6.09 Å².